The molecule has 138 valence electrons. The van der Waals surface area contributed by atoms with Crippen molar-refractivity contribution < 1.29 is 9.59 Å². The first-order chi connectivity index (χ1) is 12.4. The van der Waals surface area contributed by atoms with Gasteiger partial charge in [0.1, 0.15) is 0 Å². The van der Waals surface area contributed by atoms with Crippen LogP contribution in [0.1, 0.15) is 56.8 Å². The largest absolute Gasteiger partial charge is 0.326 e. The van der Waals surface area contributed by atoms with Crippen LogP contribution >= 0.6 is 0 Å². The first-order valence-corrected chi connectivity index (χ1v) is 9.00. The van der Waals surface area contributed by atoms with Gasteiger partial charge in [-0.25, -0.2) is 5.43 Å². The summed E-state index contributed by atoms with van der Waals surface area (Å²) in [5.74, 6) is 0.0808. The third-order valence-corrected chi connectivity index (χ3v) is 4.50. The second-order valence-corrected chi connectivity index (χ2v) is 6.75. The molecule has 1 aliphatic rings. The standard InChI is InChI=1S/C21H27N3O2/c1-5-6-20(25)22-18-11-9-16(10-12-18)21(26)24-23-19-13-17(14(2)3)8-7-15(19)4/h7,9-12,17H,2,5-6,8,13H2,1,3-4H3,(H,22,25)(H,24,26)/b23-19-/t17-/m0/s1. The van der Waals surface area contributed by atoms with Crippen LogP contribution in [-0.2, 0) is 4.79 Å². The van der Waals surface area contributed by atoms with Crippen molar-refractivity contribution in [1.29, 1.82) is 0 Å². The van der Waals surface area contributed by atoms with Crippen LogP contribution in [0.25, 0.3) is 0 Å². The fourth-order valence-electron chi connectivity index (χ4n) is 2.76. The van der Waals surface area contributed by atoms with E-state index in [1.807, 2.05) is 20.8 Å². The van der Waals surface area contributed by atoms with Crippen molar-refractivity contribution in [3.63, 3.8) is 0 Å². The highest BCUT2D eigenvalue weighted by atomic mass is 16.2. The fraction of sp³-hybridized carbons (Fsp3) is 0.381. The number of rotatable bonds is 6. The van der Waals surface area contributed by atoms with Crippen molar-refractivity contribution in [2.24, 2.45) is 11.0 Å². The van der Waals surface area contributed by atoms with E-state index in [1.54, 1.807) is 24.3 Å². The molecule has 1 aromatic rings. The van der Waals surface area contributed by atoms with E-state index in [2.05, 4.69) is 28.5 Å². The van der Waals surface area contributed by atoms with E-state index in [4.69, 9.17) is 0 Å². The molecule has 1 aromatic carbocycles. The molecule has 0 saturated carbocycles. The average molecular weight is 353 g/mol. The van der Waals surface area contributed by atoms with Gasteiger partial charge in [-0.3, -0.25) is 9.59 Å². The Morgan fingerprint density at radius 2 is 1.96 bits per heavy atom. The maximum Gasteiger partial charge on any atom is 0.271 e. The minimum absolute atomic E-state index is 0.0253. The van der Waals surface area contributed by atoms with Crippen molar-refractivity contribution >= 4 is 23.2 Å². The van der Waals surface area contributed by atoms with Gasteiger partial charge in [0, 0.05) is 17.7 Å². The molecule has 2 N–H and O–H groups in total. The van der Waals surface area contributed by atoms with Gasteiger partial charge < -0.3 is 5.32 Å². The Hall–Kier alpha value is -2.69. The number of hydrogen-bond acceptors (Lipinski definition) is 3. The molecule has 0 saturated heterocycles. The van der Waals surface area contributed by atoms with Crippen LogP contribution in [-0.4, -0.2) is 17.5 Å². The number of nitrogens with one attached hydrogen (secondary N) is 2. The molecule has 0 aliphatic heterocycles. The van der Waals surface area contributed by atoms with E-state index < -0.39 is 0 Å². The third-order valence-electron chi connectivity index (χ3n) is 4.50. The molecular weight excluding hydrogens is 326 g/mol. The third kappa shape index (κ3) is 5.41. The Kier molecular flexibility index (Phi) is 6.89. The number of carbonyl (C=O) groups is 2. The smallest absolute Gasteiger partial charge is 0.271 e. The Morgan fingerprint density at radius 3 is 2.58 bits per heavy atom. The van der Waals surface area contributed by atoms with Crippen molar-refractivity contribution in [3.05, 3.63) is 53.6 Å². The normalized spacial score (nSPS) is 18.2. The fourth-order valence-corrected chi connectivity index (χ4v) is 2.76. The van der Waals surface area contributed by atoms with Crippen LogP contribution in [0.4, 0.5) is 5.69 Å². The summed E-state index contributed by atoms with van der Waals surface area (Å²) in [4.78, 5) is 23.9. The summed E-state index contributed by atoms with van der Waals surface area (Å²) in [5, 5.41) is 7.11. The number of nitrogens with zero attached hydrogens (tertiary/aromatic N) is 1. The average Bonchev–Trinajstić information content (AvgIpc) is 2.61. The molecular formula is C21H27N3O2. The van der Waals surface area contributed by atoms with E-state index in [1.165, 1.54) is 0 Å². The zero-order valence-corrected chi connectivity index (χ0v) is 15.8. The topological polar surface area (TPSA) is 70.6 Å². The van der Waals surface area contributed by atoms with Crippen LogP contribution in [0.15, 0.2) is 53.2 Å². The zero-order valence-electron chi connectivity index (χ0n) is 15.8. The molecule has 0 unspecified atom stereocenters. The van der Waals surface area contributed by atoms with Gasteiger partial charge in [0.25, 0.3) is 5.91 Å². The van der Waals surface area contributed by atoms with E-state index >= 15 is 0 Å². The lowest BCUT2D eigenvalue weighted by Gasteiger charge is -2.22. The van der Waals surface area contributed by atoms with Gasteiger partial charge in [0.15, 0.2) is 0 Å². The SMILES string of the molecule is C=C(C)[C@H]1CC=C(C)/C(=N\NC(=O)c2ccc(NC(=O)CCC)cc2)C1. The lowest BCUT2D eigenvalue weighted by molar-refractivity contribution is -0.116. The molecule has 0 fully saturated rings. The molecule has 0 heterocycles. The van der Waals surface area contributed by atoms with Crippen molar-refractivity contribution in [2.75, 3.05) is 5.32 Å². The highest BCUT2D eigenvalue weighted by Gasteiger charge is 2.19. The second kappa shape index (κ2) is 9.13. The number of carbonyl (C=O) groups excluding carboxylic acids is 2. The lowest BCUT2D eigenvalue weighted by Crippen LogP contribution is -2.23. The van der Waals surface area contributed by atoms with E-state index in [9.17, 15) is 9.59 Å². The summed E-state index contributed by atoms with van der Waals surface area (Å²) in [6.45, 7) is 10.0. The van der Waals surface area contributed by atoms with Gasteiger partial charge in [-0.15, -0.1) is 0 Å². The van der Waals surface area contributed by atoms with Gasteiger partial charge in [-0.05, 0) is 68.9 Å². The molecule has 26 heavy (non-hydrogen) atoms. The quantitative estimate of drug-likeness (QED) is 0.586. The van der Waals surface area contributed by atoms with Crippen LogP contribution in [0.2, 0.25) is 0 Å². The second-order valence-electron chi connectivity index (χ2n) is 6.75. The summed E-state index contributed by atoms with van der Waals surface area (Å²) in [6.07, 6.45) is 5.19. The molecule has 0 bridgehead atoms. The molecule has 2 amide bonds. The maximum absolute atomic E-state index is 12.3. The predicted molar refractivity (Wildman–Crippen MR) is 106 cm³/mol. The highest BCUT2D eigenvalue weighted by molar-refractivity contribution is 6.02. The van der Waals surface area contributed by atoms with Gasteiger partial charge in [-0.2, -0.15) is 5.10 Å². The Balaban J connectivity index is 1.99. The molecule has 0 aromatic heterocycles. The summed E-state index contributed by atoms with van der Waals surface area (Å²) < 4.78 is 0. The first kappa shape index (κ1) is 19.6. The van der Waals surface area contributed by atoms with Gasteiger partial charge in [0.2, 0.25) is 5.91 Å². The Morgan fingerprint density at radius 1 is 1.27 bits per heavy atom. The number of anilines is 1. The van der Waals surface area contributed by atoms with E-state index in [-0.39, 0.29) is 11.8 Å². The van der Waals surface area contributed by atoms with E-state index in [0.717, 1.165) is 36.1 Å². The van der Waals surface area contributed by atoms with Gasteiger partial charge >= 0.3 is 0 Å². The maximum atomic E-state index is 12.3. The number of benzene rings is 1. The van der Waals surface area contributed by atoms with Crippen LogP contribution < -0.4 is 10.7 Å². The van der Waals surface area contributed by atoms with Crippen LogP contribution in [0, 0.1) is 5.92 Å². The minimum atomic E-state index is -0.269. The number of hydrazone groups is 1. The van der Waals surface area contributed by atoms with Gasteiger partial charge in [0.05, 0.1) is 5.71 Å². The first-order valence-electron chi connectivity index (χ1n) is 9.00. The molecule has 0 spiro atoms. The molecule has 0 radical (unpaired) electrons. The summed E-state index contributed by atoms with van der Waals surface area (Å²) in [7, 11) is 0. The molecule has 1 atom stereocenters. The van der Waals surface area contributed by atoms with Gasteiger partial charge in [-0.1, -0.05) is 25.2 Å². The molecule has 5 heteroatoms. The molecule has 5 nitrogen and oxygen atoms in total. The number of amides is 2. The van der Waals surface area contributed by atoms with Crippen LogP contribution in [0.5, 0.6) is 0 Å². The Bertz CT molecular complexity index is 745. The summed E-state index contributed by atoms with van der Waals surface area (Å²) in [5.41, 5.74) is 6.93. The molecule has 1 aliphatic carbocycles. The summed E-state index contributed by atoms with van der Waals surface area (Å²) >= 11 is 0. The highest BCUT2D eigenvalue weighted by Crippen LogP contribution is 2.26. The van der Waals surface area contributed by atoms with Crippen molar-refractivity contribution in [1.82, 2.24) is 5.43 Å². The monoisotopic (exact) mass is 353 g/mol. The van der Waals surface area contributed by atoms with E-state index in [0.29, 0.717) is 23.6 Å². The zero-order chi connectivity index (χ0) is 19.1. The lowest BCUT2D eigenvalue weighted by atomic mass is 9.85. The van der Waals surface area contributed by atoms with Crippen LogP contribution in [0.3, 0.4) is 0 Å². The predicted octanol–water partition coefficient (Wildman–Crippen LogP) is 4.44. The van der Waals surface area contributed by atoms with Crippen molar-refractivity contribution in [3.8, 4) is 0 Å². The summed E-state index contributed by atoms with van der Waals surface area (Å²) in [6, 6.07) is 6.80. The minimum Gasteiger partial charge on any atom is -0.326 e. The Labute approximate surface area is 155 Å². The molecule has 2 rings (SSSR count). The number of allylic oxidation sites excluding steroid dienone is 3. The number of hydrogen-bond donors (Lipinski definition) is 2. The van der Waals surface area contributed by atoms with Crippen molar-refractivity contribution in [2.45, 2.75) is 46.5 Å².